The van der Waals surface area contributed by atoms with Gasteiger partial charge in [0.15, 0.2) is 0 Å². The molecule has 0 aromatic rings. The maximum Gasteiger partial charge on any atom is 0.233 e. The molecule has 0 aromatic heterocycles. The molecular formula is C7H16N2O2. The number of carbonyl (C=O) groups is 1. The van der Waals surface area contributed by atoms with Crippen LogP contribution in [0.25, 0.3) is 0 Å². The largest absolute Gasteiger partial charge is 0.393 e. The lowest BCUT2D eigenvalue weighted by Gasteiger charge is -2.05. The Labute approximate surface area is 67.0 Å². The van der Waals surface area contributed by atoms with E-state index in [-0.39, 0.29) is 12.0 Å². The van der Waals surface area contributed by atoms with Crippen LogP contribution in [0.2, 0.25) is 0 Å². The Hall–Kier alpha value is -0.610. The summed E-state index contributed by atoms with van der Waals surface area (Å²) < 4.78 is 0. The van der Waals surface area contributed by atoms with E-state index in [4.69, 9.17) is 5.11 Å². The van der Waals surface area contributed by atoms with Gasteiger partial charge < -0.3 is 15.7 Å². The van der Waals surface area contributed by atoms with Gasteiger partial charge in [0.2, 0.25) is 5.91 Å². The van der Waals surface area contributed by atoms with Gasteiger partial charge >= 0.3 is 0 Å². The van der Waals surface area contributed by atoms with Crippen molar-refractivity contribution in [2.75, 3.05) is 20.1 Å². The molecular weight excluding hydrogens is 144 g/mol. The van der Waals surface area contributed by atoms with Gasteiger partial charge in [-0.1, -0.05) is 0 Å². The van der Waals surface area contributed by atoms with E-state index in [2.05, 4.69) is 10.6 Å². The van der Waals surface area contributed by atoms with Gasteiger partial charge in [-0.3, -0.25) is 4.79 Å². The molecule has 4 heteroatoms. The molecule has 0 saturated carbocycles. The van der Waals surface area contributed by atoms with E-state index in [1.165, 1.54) is 0 Å². The first-order chi connectivity index (χ1) is 5.16. The summed E-state index contributed by atoms with van der Waals surface area (Å²) in [5, 5.41) is 14.2. The fraction of sp³-hybridized carbons (Fsp3) is 0.857. The van der Waals surface area contributed by atoms with Gasteiger partial charge in [0.1, 0.15) is 0 Å². The molecule has 0 aliphatic heterocycles. The standard InChI is InChI=1S/C7H16N2O2/c1-6(10)3-4-9-7(11)5-8-2/h6,8,10H,3-5H2,1-2H3,(H,9,11). The number of rotatable bonds is 5. The molecule has 1 atom stereocenters. The number of nitrogens with one attached hydrogen (secondary N) is 2. The summed E-state index contributed by atoms with van der Waals surface area (Å²) in [4.78, 5) is 10.8. The zero-order valence-corrected chi connectivity index (χ0v) is 7.05. The summed E-state index contributed by atoms with van der Waals surface area (Å²) in [5.74, 6) is -0.0341. The second-order valence-electron chi connectivity index (χ2n) is 2.52. The first-order valence-electron chi connectivity index (χ1n) is 3.76. The first kappa shape index (κ1) is 10.4. The molecule has 0 bridgehead atoms. The van der Waals surface area contributed by atoms with Crippen LogP contribution in [0.5, 0.6) is 0 Å². The lowest BCUT2D eigenvalue weighted by atomic mass is 10.3. The minimum Gasteiger partial charge on any atom is -0.393 e. The van der Waals surface area contributed by atoms with Crippen molar-refractivity contribution in [3.8, 4) is 0 Å². The number of aliphatic hydroxyl groups excluding tert-OH is 1. The van der Waals surface area contributed by atoms with E-state index in [0.29, 0.717) is 19.5 Å². The summed E-state index contributed by atoms with van der Waals surface area (Å²) in [5.41, 5.74) is 0. The highest BCUT2D eigenvalue weighted by atomic mass is 16.3. The van der Waals surface area contributed by atoms with Gasteiger partial charge in [-0.25, -0.2) is 0 Å². The van der Waals surface area contributed by atoms with E-state index < -0.39 is 0 Å². The Morgan fingerprint density at radius 3 is 2.73 bits per heavy atom. The Morgan fingerprint density at radius 1 is 1.64 bits per heavy atom. The summed E-state index contributed by atoms with van der Waals surface area (Å²) >= 11 is 0. The van der Waals surface area contributed by atoms with Crippen LogP contribution >= 0.6 is 0 Å². The van der Waals surface area contributed by atoms with Gasteiger partial charge in [-0.15, -0.1) is 0 Å². The molecule has 0 radical (unpaired) electrons. The molecule has 0 aliphatic rings. The maximum absolute atomic E-state index is 10.8. The fourth-order valence-electron chi connectivity index (χ4n) is 0.644. The topological polar surface area (TPSA) is 61.4 Å². The molecule has 66 valence electrons. The summed E-state index contributed by atoms with van der Waals surface area (Å²) in [6.45, 7) is 2.57. The van der Waals surface area contributed by atoms with Crippen molar-refractivity contribution in [2.24, 2.45) is 0 Å². The molecule has 1 unspecified atom stereocenters. The van der Waals surface area contributed by atoms with Gasteiger partial charge in [-0.05, 0) is 20.4 Å². The number of hydrogen-bond donors (Lipinski definition) is 3. The van der Waals surface area contributed by atoms with Crippen molar-refractivity contribution in [1.29, 1.82) is 0 Å². The number of likely N-dealkylation sites (N-methyl/N-ethyl adjacent to an activating group) is 1. The number of carbonyl (C=O) groups excluding carboxylic acids is 1. The average Bonchev–Trinajstić information content (AvgIpc) is 1.87. The summed E-state index contributed by atoms with van der Waals surface area (Å²) in [6, 6.07) is 0. The molecule has 0 spiro atoms. The third-order valence-electron chi connectivity index (χ3n) is 1.22. The number of amides is 1. The molecule has 11 heavy (non-hydrogen) atoms. The smallest absolute Gasteiger partial charge is 0.233 e. The van der Waals surface area contributed by atoms with Crippen molar-refractivity contribution in [2.45, 2.75) is 19.4 Å². The van der Waals surface area contributed by atoms with Crippen LogP contribution in [0.3, 0.4) is 0 Å². The van der Waals surface area contributed by atoms with Crippen LogP contribution < -0.4 is 10.6 Å². The molecule has 1 amide bonds. The lowest BCUT2D eigenvalue weighted by Crippen LogP contribution is -2.33. The quantitative estimate of drug-likeness (QED) is 0.488. The fourth-order valence-corrected chi connectivity index (χ4v) is 0.644. The predicted molar refractivity (Wildman–Crippen MR) is 43.2 cm³/mol. The van der Waals surface area contributed by atoms with Crippen LogP contribution in [0.15, 0.2) is 0 Å². The number of hydrogen-bond acceptors (Lipinski definition) is 3. The average molecular weight is 160 g/mol. The summed E-state index contributed by atoms with van der Waals surface area (Å²) in [6.07, 6.45) is 0.264. The lowest BCUT2D eigenvalue weighted by molar-refractivity contribution is -0.120. The number of aliphatic hydroxyl groups is 1. The van der Waals surface area contributed by atoms with Crippen LogP contribution in [0.1, 0.15) is 13.3 Å². The van der Waals surface area contributed by atoms with Gasteiger partial charge in [0, 0.05) is 6.54 Å². The van der Waals surface area contributed by atoms with E-state index in [0.717, 1.165) is 0 Å². The van der Waals surface area contributed by atoms with Crippen molar-refractivity contribution in [1.82, 2.24) is 10.6 Å². The van der Waals surface area contributed by atoms with Crippen LogP contribution in [0, 0.1) is 0 Å². The second kappa shape index (κ2) is 6.12. The van der Waals surface area contributed by atoms with Crippen molar-refractivity contribution >= 4 is 5.91 Å². The molecule has 4 nitrogen and oxygen atoms in total. The molecule has 0 rings (SSSR count). The zero-order chi connectivity index (χ0) is 8.69. The maximum atomic E-state index is 10.8. The molecule has 0 aromatic carbocycles. The Balaban J connectivity index is 3.17. The van der Waals surface area contributed by atoms with Crippen molar-refractivity contribution in [3.63, 3.8) is 0 Å². The molecule has 0 fully saturated rings. The van der Waals surface area contributed by atoms with Crippen molar-refractivity contribution < 1.29 is 9.90 Å². The zero-order valence-electron chi connectivity index (χ0n) is 7.05. The SMILES string of the molecule is CNCC(=O)NCCC(C)O. The van der Waals surface area contributed by atoms with Gasteiger partial charge in [0.25, 0.3) is 0 Å². The Bertz CT molecular complexity index is 115. The predicted octanol–water partition coefficient (Wildman–Crippen LogP) is -0.907. The molecule has 0 aliphatic carbocycles. The monoisotopic (exact) mass is 160 g/mol. The highest BCUT2D eigenvalue weighted by Gasteiger charge is 1.98. The second-order valence-corrected chi connectivity index (χ2v) is 2.52. The third-order valence-corrected chi connectivity index (χ3v) is 1.22. The van der Waals surface area contributed by atoms with Gasteiger partial charge in [-0.2, -0.15) is 0 Å². The third kappa shape index (κ3) is 7.29. The Kier molecular flexibility index (Phi) is 5.78. The minimum absolute atomic E-state index is 0.0341. The highest BCUT2D eigenvalue weighted by molar-refractivity contribution is 5.77. The van der Waals surface area contributed by atoms with Crippen LogP contribution in [-0.2, 0) is 4.79 Å². The molecule has 0 heterocycles. The molecule has 3 N–H and O–H groups in total. The van der Waals surface area contributed by atoms with Gasteiger partial charge in [0.05, 0.1) is 12.6 Å². The first-order valence-corrected chi connectivity index (χ1v) is 3.76. The van der Waals surface area contributed by atoms with E-state index in [9.17, 15) is 4.79 Å². The van der Waals surface area contributed by atoms with Crippen LogP contribution in [-0.4, -0.2) is 37.3 Å². The Morgan fingerprint density at radius 2 is 2.27 bits per heavy atom. The van der Waals surface area contributed by atoms with Crippen molar-refractivity contribution in [3.05, 3.63) is 0 Å². The van der Waals surface area contributed by atoms with Crippen LogP contribution in [0.4, 0.5) is 0 Å². The van der Waals surface area contributed by atoms with E-state index in [1.54, 1.807) is 14.0 Å². The molecule has 0 saturated heterocycles. The van der Waals surface area contributed by atoms with E-state index in [1.807, 2.05) is 0 Å². The normalized spacial score (nSPS) is 12.6. The van der Waals surface area contributed by atoms with E-state index >= 15 is 0 Å². The summed E-state index contributed by atoms with van der Waals surface area (Å²) in [7, 11) is 1.72. The minimum atomic E-state index is -0.343. The highest BCUT2D eigenvalue weighted by Crippen LogP contribution is 1.84.